The summed E-state index contributed by atoms with van der Waals surface area (Å²) in [6.45, 7) is 8.26. The van der Waals surface area contributed by atoms with Gasteiger partial charge in [-0.1, -0.05) is 30.4 Å². The molecule has 140 valence electrons. The number of urea groups is 1. The molecule has 0 unspecified atom stereocenters. The van der Waals surface area contributed by atoms with E-state index in [1.165, 1.54) is 10.3 Å². The predicted molar refractivity (Wildman–Crippen MR) is 105 cm³/mol. The van der Waals surface area contributed by atoms with Crippen LogP contribution in [0.5, 0.6) is 0 Å². The second-order valence-corrected chi connectivity index (χ2v) is 7.83. The van der Waals surface area contributed by atoms with E-state index in [1.54, 1.807) is 11.3 Å². The number of carbonyl (C=O) groups excluding carboxylic acids is 1. The Morgan fingerprint density at radius 3 is 2.73 bits per heavy atom. The molecule has 26 heavy (non-hydrogen) atoms. The minimum absolute atomic E-state index is 0.160. The maximum atomic E-state index is 12.7. The third-order valence-corrected chi connectivity index (χ3v) is 6.27. The van der Waals surface area contributed by atoms with E-state index in [0.29, 0.717) is 26.3 Å². The van der Waals surface area contributed by atoms with Gasteiger partial charge in [0, 0.05) is 39.3 Å². The van der Waals surface area contributed by atoms with Crippen LogP contribution in [0.4, 0.5) is 9.93 Å². The molecule has 2 saturated heterocycles. The number of aromatic nitrogens is 1. The van der Waals surface area contributed by atoms with Crippen LogP contribution in [0.15, 0.2) is 18.2 Å². The Kier molecular flexibility index (Phi) is 5.26. The van der Waals surface area contributed by atoms with Crippen molar-refractivity contribution < 1.29 is 9.53 Å². The summed E-state index contributed by atoms with van der Waals surface area (Å²) in [7, 11) is 0. The molecule has 2 fully saturated rings. The highest BCUT2D eigenvalue weighted by Gasteiger charge is 2.26. The summed E-state index contributed by atoms with van der Waals surface area (Å²) in [6.07, 6.45) is 1.98. The second kappa shape index (κ2) is 7.80. The van der Waals surface area contributed by atoms with E-state index < -0.39 is 0 Å². The van der Waals surface area contributed by atoms with Crippen molar-refractivity contribution in [3.63, 3.8) is 0 Å². The average Bonchev–Trinajstić information content (AvgIpc) is 2.98. The third-order valence-electron chi connectivity index (χ3n) is 5.19. The van der Waals surface area contributed by atoms with Crippen LogP contribution < -0.4 is 4.90 Å². The highest BCUT2D eigenvalue weighted by Crippen LogP contribution is 2.31. The lowest BCUT2D eigenvalue weighted by atomic mass is 10.1. The monoisotopic (exact) mass is 374 g/mol. The fraction of sp³-hybridized carbons (Fsp3) is 0.579. The highest BCUT2D eigenvalue weighted by atomic mass is 32.1. The molecule has 0 spiro atoms. The molecular weight excluding hydrogens is 348 g/mol. The summed E-state index contributed by atoms with van der Waals surface area (Å²) in [6, 6.07) is 6.60. The number of benzene rings is 1. The van der Waals surface area contributed by atoms with Gasteiger partial charge in [-0.15, -0.1) is 0 Å². The summed E-state index contributed by atoms with van der Waals surface area (Å²) in [5.41, 5.74) is 2.45. The number of amides is 2. The minimum atomic E-state index is 0.160. The number of aryl methyl sites for hydroxylation is 1. The molecule has 2 aliphatic heterocycles. The van der Waals surface area contributed by atoms with Crippen LogP contribution in [0.2, 0.25) is 0 Å². The van der Waals surface area contributed by atoms with Crippen LogP contribution in [-0.4, -0.2) is 73.3 Å². The quantitative estimate of drug-likeness (QED) is 0.811. The van der Waals surface area contributed by atoms with E-state index in [0.717, 1.165) is 49.7 Å². The van der Waals surface area contributed by atoms with E-state index >= 15 is 0 Å². The highest BCUT2D eigenvalue weighted by molar-refractivity contribution is 7.22. The van der Waals surface area contributed by atoms with Gasteiger partial charge in [-0.25, -0.2) is 9.78 Å². The van der Waals surface area contributed by atoms with E-state index in [9.17, 15) is 4.79 Å². The normalized spacial score (nSPS) is 19.0. The zero-order valence-corrected chi connectivity index (χ0v) is 16.1. The first kappa shape index (κ1) is 17.5. The van der Waals surface area contributed by atoms with Crippen LogP contribution in [-0.2, 0) is 11.2 Å². The molecule has 4 rings (SSSR count). The average molecular weight is 375 g/mol. The second-order valence-electron chi connectivity index (χ2n) is 6.82. The minimum Gasteiger partial charge on any atom is -0.378 e. The molecule has 0 radical (unpaired) electrons. The zero-order chi connectivity index (χ0) is 17.9. The molecule has 0 atom stereocenters. The summed E-state index contributed by atoms with van der Waals surface area (Å²) in [4.78, 5) is 23.9. The fourth-order valence-electron chi connectivity index (χ4n) is 3.67. The Morgan fingerprint density at radius 1 is 1.12 bits per heavy atom. The summed E-state index contributed by atoms with van der Waals surface area (Å²) >= 11 is 1.76. The van der Waals surface area contributed by atoms with Gasteiger partial charge in [0.2, 0.25) is 0 Å². The van der Waals surface area contributed by atoms with Gasteiger partial charge in [0.1, 0.15) is 0 Å². The largest absolute Gasteiger partial charge is 0.378 e. The topological polar surface area (TPSA) is 48.9 Å². The molecule has 0 N–H and O–H groups in total. The van der Waals surface area contributed by atoms with E-state index in [2.05, 4.69) is 30.0 Å². The number of para-hydroxylation sites is 1. The van der Waals surface area contributed by atoms with Crippen LogP contribution in [0, 0.1) is 0 Å². The fourth-order valence-corrected chi connectivity index (χ4v) is 4.73. The van der Waals surface area contributed by atoms with Crippen LogP contribution >= 0.6 is 11.3 Å². The molecule has 6 nitrogen and oxygen atoms in total. The molecule has 3 heterocycles. The summed E-state index contributed by atoms with van der Waals surface area (Å²) < 4.78 is 6.61. The number of nitrogens with zero attached hydrogens (tertiary/aromatic N) is 4. The Bertz CT molecular complexity index is 772. The lowest BCUT2D eigenvalue weighted by molar-refractivity contribution is 0.0438. The predicted octanol–water partition coefficient (Wildman–Crippen LogP) is 2.82. The van der Waals surface area contributed by atoms with Crippen molar-refractivity contribution in [1.82, 2.24) is 14.8 Å². The number of morpholine rings is 1. The third kappa shape index (κ3) is 3.50. The molecule has 0 saturated carbocycles. The molecule has 7 heteroatoms. The van der Waals surface area contributed by atoms with Crippen molar-refractivity contribution in [3.8, 4) is 0 Å². The van der Waals surface area contributed by atoms with Crippen molar-refractivity contribution in [2.24, 2.45) is 0 Å². The molecule has 1 aromatic heterocycles. The van der Waals surface area contributed by atoms with Crippen molar-refractivity contribution in [2.45, 2.75) is 19.8 Å². The van der Waals surface area contributed by atoms with Crippen LogP contribution in [0.3, 0.4) is 0 Å². The molecule has 0 bridgehead atoms. The SMILES string of the molecule is CCc1cccc2sc(N3CCCN(C(=O)N4CCOCC4)CC3)nc12. The van der Waals surface area contributed by atoms with Crippen molar-refractivity contribution in [3.05, 3.63) is 23.8 Å². The summed E-state index contributed by atoms with van der Waals surface area (Å²) in [5, 5.41) is 1.08. The van der Waals surface area contributed by atoms with Gasteiger partial charge in [-0.2, -0.15) is 0 Å². The van der Waals surface area contributed by atoms with Crippen molar-refractivity contribution >= 4 is 32.7 Å². The smallest absolute Gasteiger partial charge is 0.320 e. The van der Waals surface area contributed by atoms with Gasteiger partial charge >= 0.3 is 6.03 Å². The Hall–Kier alpha value is -1.86. The standard InChI is InChI=1S/C19H26N4O2S/c1-2-15-5-3-6-16-17(15)20-18(26-16)21-7-4-8-22(10-9-21)19(24)23-11-13-25-14-12-23/h3,5-6H,2,4,7-14H2,1H3. The lowest BCUT2D eigenvalue weighted by Crippen LogP contribution is -2.49. The zero-order valence-electron chi connectivity index (χ0n) is 15.3. The molecule has 0 aliphatic carbocycles. The van der Waals surface area contributed by atoms with E-state index in [4.69, 9.17) is 9.72 Å². The number of rotatable bonds is 2. The van der Waals surface area contributed by atoms with Gasteiger partial charge in [-0.05, 0) is 24.5 Å². The molecule has 2 aromatic rings. The van der Waals surface area contributed by atoms with Gasteiger partial charge in [0.05, 0.1) is 23.4 Å². The van der Waals surface area contributed by atoms with E-state index in [-0.39, 0.29) is 6.03 Å². The number of thiazole rings is 1. The van der Waals surface area contributed by atoms with Crippen LogP contribution in [0.1, 0.15) is 18.9 Å². The first-order valence-corrected chi connectivity index (χ1v) is 10.3. The molecule has 2 amide bonds. The Balaban J connectivity index is 1.46. The number of hydrogen-bond donors (Lipinski definition) is 0. The first-order chi connectivity index (χ1) is 12.8. The maximum Gasteiger partial charge on any atom is 0.320 e. The molecule has 1 aromatic carbocycles. The lowest BCUT2D eigenvalue weighted by Gasteiger charge is -2.32. The van der Waals surface area contributed by atoms with Gasteiger partial charge in [0.25, 0.3) is 0 Å². The van der Waals surface area contributed by atoms with Crippen molar-refractivity contribution in [1.29, 1.82) is 0 Å². The van der Waals surface area contributed by atoms with Gasteiger partial charge in [0.15, 0.2) is 5.13 Å². The number of fused-ring (bicyclic) bond motifs is 1. The van der Waals surface area contributed by atoms with Crippen LogP contribution in [0.25, 0.3) is 10.2 Å². The number of anilines is 1. The number of hydrogen-bond acceptors (Lipinski definition) is 5. The Labute approximate surface area is 158 Å². The number of ether oxygens (including phenoxy) is 1. The van der Waals surface area contributed by atoms with Gasteiger partial charge in [-0.3, -0.25) is 0 Å². The summed E-state index contributed by atoms with van der Waals surface area (Å²) in [5.74, 6) is 0. The number of carbonyl (C=O) groups is 1. The van der Waals surface area contributed by atoms with Gasteiger partial charge < -0.3 is 19.4 Å². The molecule has 2 aliphatic rings. The maximum absolute atomic E-state index is 12.7. The Morgan fingerprint density at radius 2 is 1.92 bits per heavy atom. The van der Waals surface area contributed by atoms with E-state index in [1.807, 2.05) is 9.80 Å². The van der Waals surface area contributed by atoms with Crippen molar-refractivity contribution in [2.75, 3.05) is 57.4 Å². The first-order valence-electron chi connectivity index (χ1n) is 9.51. The molecular formula is C19H26N4O2S.